The van der Waals surface area contributed by atoms with E-state index in [4.69, 9.17) is 4.74 Å². The summed E-state index contributed by atoms with van der Waals surface area (Å²) in [5.74, 6) is 1.77. The molecule has 3 heteroatoms. The molecule has 0 spiro atoms. The van der Waals surface area contributed by atoms with Crippen LogP contribution in [0.15, 0.2) is 18.2 Å². The molecule has 0 radical (unpaired) electrons. The van der Waals surface area contributed by atoms with Crippen LogP contribution in [0.1, 0.15) is 51.1 Å². The number of ether oxygens (including phenoxy) is 1. The zero-order chi connectivity index (χ0) is 14.5. The third-order valence-electron chi connectivity index (χ3n) is 4.50. The van der Waals surface area contributed by atoms with E-state index in [0.717, 1.165) is 18.0 Å². The van der Waals surface area contributed by atoms with Gasteiger partial charge in [0, 0.05) is 17.7 Å². The Morgan fingerprint density at radius 2 is 2.00 bits per heavy atom. The van der Waals surface area contributed by atoms with E-state index < -0.39 is 0 Å². The molecule has 0 aliphatic heterocycles. The summed E-state index contributed by atoms with van der Waals surface area (Å²) < 4.78 is 19.4. The van der Waals surface area contributed by atoms with E-state index in [0.29, 0.717) is 11.7 Å². The number of hydrogen-bond donors (Lipinski definition) is 1. The summed E-state index contributed by atoms with van der Waals surface area (Å²) in [4.78, 5) is 0. The van der Waals surface area contributed by atoms with Crippen molar-refractivity contribution >= 4 is 0 Å². The van der Waals surface area contributed by atoms with Crippen molar-refractivity contribution in [2.24, 2.45) is 11.8 Å². The van der Waals surface area contributed by atoms with Gasteiger partial charge in [0.1, 0.15) is 11.6 Å². The Hall–Kier alpha value is -1.09. The highest BCUT2D eigenvalue weighted by Crippen LogP contribution is 2.38. The van der Waals surface area contributed by atoms with Crippen LogP contribution in [-0.4, -0.2) is 13.7 Å². The van der Waals surface area contributed by atoms with Crippen LogP contribution in [0.4, 0.5) is 4.39 Å². The van der Waals surface area contributed by atoms with Gasteiger partial charge in [0.05, 0.1) is 7.11 Å². The number of hydrogen-bond acceptors (Lipinski definition) is 2. The fraction of sp³-hybridized carbons (Fsp3) is 0.647. The first-order valence-electron chi connectivity index (χ1n) is 7.72. The highest BCUT2D eigenvalue weighted by atomic mass is 19.1. The molecule has 1 aromatic carbocycles. The van der Waals surface area contributed by atoms with Crippen molar-refractivity contribution in [3.8, 4) is 5.75 Å². The molecule has 1 aliphatic carbocycles. The number of halogens is 1. The molecule has 0 saturated heterocycles. The van der Waals surface area contributed by atoms with Gasteiger partial charge < -0.3 is 10.1 Å². The zero-order valence-corrected chi connectivity index (χ0v) is 12.8. The van der Waals surface area contributed by atoms with Crippen molar-refractivity contribution in [1.29, 1.82) is 0 Å². The maximum absolute atomic E-state index is 14.3. The molecular formula is C17H26FNO. The Balaban J connectivity index is 2.19. The van der Waals surface area contributed by atoms with Crippen LogP contribution < -0.4 is 10.1 Å². The monoisotopic (exact) mass is 279 g/mol. The molecule has 1 saturated carbocycles. The fourth-order valence-corrected chi connectivity index (χ4v) is 3.26. The molecule has 0 bridgehead atoms. The topological polar surface area (TPSA) is 21.3 Å². The summed E-state index contributed by atoms with van der Waals surface area (Å²) in [5, 5.41) is 3.48. The summed E-state index contributed by atoms with van der Waals surface area (Å²) in [5.41, 5.74) is 0.784. The van der Waals surface area contributed by atoms with E-state index in [1.165, 1.54) is 31.7 Å². The van der Waals surface area contributed by atoms with Crippen molar-refractivity contribution in [3.05, 3.63) is 29.6 Å². The normalized spacial score (nSPS) is 24.4. The fourth-order valence-electron chi connectivity index (χ4n) is 3.26. The number of methoxy groups -OCH3 is 1. The molecule has 0 aromatic heterocycles. The average molecular weight is 279 g/mol. The molecule has 1 N–H and O–H groups in total. The maximum atomic E-state index is 14.3. The van der Waals surface area contributed by atoms with Gasteiger partial charge in [0.25, 0.3) is 0 Å². The quantitative estimate of drug-likeness (QED) is 0.867. The van der Waals surface area contributed by atoms with Gasteiger partial charge in [-0.05, 0) is 37.3 Å². The van der Waals surface area contributed by atoms with Crippen molar-refractivity contribution < 1.29 is 9.13 Å². The second-order valence-electron chi connectivity index (χ2n) is 5.94. The Morgan fingerprint density at radius 3 is 2.55 bits per heavy atom. The van der Waals surface area contributed by atoms with Gasteiger partial charge in [-0.25, -0.2) is 4.39 Å². The van der Waals surface area contributed by atoms with Crippen LogP contribution in [0.3, 0.4) is 0 Å². The van der Waals surface area contributed by atoms with E-state index in [1.807, 2.05) is 12.1 Å². The number of nitrogens with one attached hydrogen (secondary N) is 1. The van der Waals surface area contributed by atoms with Crippen LogP contribution in [0.5, 0.6) is 5.75 Å². The van der Waals surface area contributed by atoms with Crippen molar-refractivity contribution in [3.63, 3.8) is 0 Å². The molecule has 1 atom stereocenters. The second kappa shape index (κ2) is 7.07. The van der Waals surface area contributed by atoms with Gasteiger partial charge in [-0.1, -0.05) is 32.8 Å². The highest BCUT2D eigenvalue weighted by molar-refractivity contribution is 5.31. The predicted molar refractivity (Wildman–Crippen MR) is 80.5 cm³/mol. The highest BCUT2D eigenvalue weighted by Gasteiger charge is 2.28. The summed E-state index contributed by atoms with van der Waals surface area (Å²) in [6.45, 7) is 5.26. The lowest BCUT2D eigenvalue weighted by atomic mass is 9.77. The summed E-state index contributed by atoms with van der Waals surface area (Å²) >= 11 is 0. The minimum atomic E-state index is -0.158. The number of benzene rings is 1. The molecule has 0 heterocycles. The summed E-state index contributed by atoms with van der Waals surface area (Å²) in [6.07, 6.45) is 4.88. The molecule has 20 heavy (non-hydrogen) atoms. The van der Waals surface area contributed by atoms with E-state index >= 15 is 0 Å². The molecule has 1 unspecified atom stereocenters. The maximum Gasteiger partial charge on any atom is 0.131 e. The molecule has 1 aromatic rings. The molecule has 1 fully saturated rings. The Labute approximate surface area is 121 Å². The van der Waals surface area contributed by atoms with E-state index in [9.17, 15) is 4.39 Å². The molecule has 0 amide bonds. The van der Waals surface area contributed by atoms with Gasteiger partial charge in [-0.3, -0.25) is 0 Å². The summed E-state index contributed by atoms with van der Waals surface area (Å²) in [7, 11) is 1.57. The predicted octanol–water partition coefficient (Wildman–Crippen LogP) is 4.31. The van der Waals surface area contributed by atoms with Gasteiger partial charge in [-0.15, -0.1) is 0 Å². The first-order chi connectivity index (χ1) is 9.65. The molecular weight excluding hydrogens is 253 g/mol. The Morgan fingerprint density at radius 1 is 1.30 bits per heavy atom. The van der Waals surface area contributed by atoms with Gasteiger partial charge in [-0.2, -0.15) is 0 Å². The minimum Gasteiger partial charge on any atom is -0.497 e. The number of rotatable bonds is 5. The van der Waals surface area contributed by atoms with Gasteiger partial charge in [0.2, 0.25) is 0 Å². The third kappa shape index (κ3) is 3.51. The van der Waals surface area contributed by atoms with E-state index in [1.54, 1.807) is 7.11 Å². The van der Waals surface area contributed by atoms with Crippen molar-refractivity contribution in [1.82, 2.24) is 5.32 Å². The molecule has 1 aliphatic rings. The van der Waals surface area contributed by atoms with Crippen LogP contribution in [0.25, 0.3) is 0 Å². The van der Waals surface area contributed by atoms with E-state index in [-0.39, 0.29) is 11.9 Å². The minimum absolute atomic E-state index is 0.124. The standard InChI is InChI=1S/C17H26FNO/c1-4-19-17(13-7-5-12(2)6-8-13)15-10-9-14(20-3)11-16(15)18/h9-13,17,19H,4-8H2,1-3H3. The Bertz CT molecular complexity index is 427. The van der Waals surface area contributed by atoms with Crippen LogP contribution in [-0.2, 0) is 0 Å². The van der Waals surface area contributed by atoms with Crippen LogP contribution in [0.2, 0.25) is 0 Å². The SMILES string of the molecule is CCNC(c1ccc(OC)cc1F)C1CCC(C)CC1. The van der Waals surface area contributed by atoms with Gasteiger partial charge in [0.15, 0.2) is 0 Å². The molecule has 112 valence electrons. The smallest absolute Gasteiger partial charge is 0.131 e. The van der Waals surface area contributed by atoms with Crippen molar-refractivity contribution in [2.75, 3.05) is 13.7 Å². The first kappa shape index (κ1) is 15.3. The van der Waals surface area contributed by atoms with Crippen LogP contribution in [0, 0.1) is 17.7 Å². The van der Waals surface area contributed by atoms with Crippen molar-refractivity contribution in [2.45, 2.75) is 45.6 Å². The molecule has 2 rings (SSSR count). The lowest BCUT2D eigenvalue weighted by Gasteiger charge is -2.33. The molecule has 2 nitrogen and oxygen atoms in total. The lowest BCUT2D eigenvalue weighted by molar-refractivity contribution is 0.230. The average Bonchev–Trinajstić information content (AvgIpc) is 2.46. The van der Waals surface area contributed by atoms with E-state index in [2.05, 4.69) is 19.2 Å². The first-order valence-corrected chi connectivity index (χ1v) is 7.72. The van der Waals surface area contributed by atoms with Gasteiger partial charge >= 0.3 is 0 Å². The summed E-state index contributed by atoms with van der Waals surface area (Å²) in [6, 6.07) is 5.34. The largest absolute Gasteiger partial charge is 0.497 e. The zero-order valence-electron chi connectivity index (χ0n) is 12.8. The third-order valence-corrected chi connectivity index (χ3v) is 4.50. The Kier molecular flexibility index (Phi) is 5.41. The lowest BCUT2D eigenvalue weighted by Crippen LogP contribution is -2.31. The van der Waals surface area contributed by atoms with Crippen LogP contribution >= 0.6 is 0 Å². The second-order valence-corrected chi connectivity index (χ2v) is 5.94.